The minimum atomic E-state index is -0.0660. The van der Waals surface area contributed by atoms with Crippen molar-refractivity contribution in [2.24, 2.45) is 0 Å². The Balaban J connectivity index is 1.59. The van der Waals surface area contributed by atoms with Crippen LogP contribution in [-0.2, 0) is 0 Å². The molecule has 138 valence electrons. The van der Waals surface area contributed by atoms with E-state index in [0.717, 1.165) is 12.8 Å². The number of likely N-dealkylation sites (tertiary alicyclic amines) is 1. The largest absolute Gasteiger partial charge is 0.477 e. The minimum absolute atomic E-state index is 0.00100. The number of ether oxygens (including phenoxy) is 3. The molecule has 3 heterocycles. The lowest BCUT2D eigenvalue weighted by atomic mass is 10.1. The number of methoxy groups -OCH3 is 1. The van der Waals surface area contributed by atoms with Gasteiger partial charge in [0.15, 0.2) is 0 Å². The number of hydrogen-bond donors (Lipinski definition) is 0. The zero-order valence-corrected chi connectivity index (χ0v) is 14.9. The van der Waals surface area contributed by atoms with E-state index in [1.807, 2.05) is 6.92 Å². The number of carbonyl (C=O) groups is 1. The average molecular weight is 358 g/mol. The van der Waals surface area contributed by atoms with Gasteiger partial charge in [0.1, 0.15) is 11.7 Å². The van der Waals surface area contributed by atoms with Crippen molar-refractivity contribution in [2.45, 2.75) is 25.9 Å². The third-order valence-corrected chi connectivity index (χ3v) is 4.09. The van der Waals surface area contributed by atoms with E-state index in [1.165, 1.54) is 7.11 Å². The molecular weight excluding hydrogens is 336 g/mol. The summed E-state index contributed by atoms with van der Waals surface area (Å²) in [6, 6.07) is 5.46. The molecule has 1 saturated heterocycles. The molecule has 26 heavy (non-hydrogen) atoms. The fourth-order valence-electron chi connectivity index (χ4n) is 2.81. The van der Waals surface area contributed by atoms with E-state index >= 15 is 0 Å². The van der Waals surface area contributed by atoms with Crippen molar-refractivity contribution in [3.8, 4) is 17.8 Å². The molecule has 0 aromatic carbocycles. The first-order chi connectivity index (χ1) is 12.7. The number of aromatic nitrogens is 3. The Morgan fingerprint density at radius 3 is 2.77 bits per heavy atom. The van der Waals surface area contributed by atoms with Gasteiger partial charge < -0.3 is 19.1 Å². The first-order valence-corrected chi connectivity index (χ1v) is 8.62. The van der Waals surface area contributed by atoms with Crippen LogP contribution in [0.15, 0.2) is 30.6 Å². The van der Waals surface area contributed by atoms with Gasteiger partial charge in [0.2, 0.25) is 11.8 Å². The summed E-state index contributed by atoms with van der Waals surface area (Å²) >= 11 is 0. The summed E-state index contributed by atoms with van der Waals surface area (Å²) in [5, 5.41) is 0. The third-order valence-electron chi connectivity index (χ3n) is 4.09. The van der Waals surface area contributed by atoms with E-state index in [9.17, 15) is 4.79 Å². The number of pyridine rings is 1. The maximum absolute atomic E-state index is 12.8. The Bertz CT molecular complexity index is 747. The van der Waals surface area contributed by atoms with Gasteiger partial charge in [0.05, 0.1) is 13.7 Å². The maximum atomic E-state index is 12.8. The van der Waals surface area contributed by atoms with Gasteiger partial charge in [-0.25, -0.2) is 9.97 Å². The van der Waals surface area contributed by atoms with Crippen molar-refractivity contribution in [3.05, 3.63) is 36.2 Å². The van der Waals surface area contributed by atoms with Gasteiger partial charge >= 0.3 is 6.01 Å². The molecule has 0 N–H and O–H groups in total. The third kappa shape index (κ3) is 4.19. The number of rotatable bonds is 6. The van der Waals surface area contributed by atoms with E-state index in [-0.39, 0.29) is 18.0 Å². The van der Waals surface area contributed by atoms with Gasteiger partial charge in [-0.2, -0.15) is 4.98 Å². The van der Waals surface area contributed by atoms with Crippen molar-refractivity contribution in [1.82, 2.24) is 19.9 Å². The first kappa shape index (κ1) is 17.9. The van der Waals surface area contributed by atoms with Crippen molar-refractivity contribution in [3.63, 3.8) is 0 Å². The van der Waals surface area contributed by atoms with Crippen LogP contribution in [0, 0.1) is 0 Å². The summed E-state index contributed by atoms with van der Waals surface area (Å²) in [5.74, 6) is 0.794. The topological polar surface area (TPSA) is 86.7 Å². The summed E-state index contributed by atoms with van der Waals surface area (Å²) in [6.45, 7) is 3.54. The number of amides is 1. The van der Waals surface area contributed by atoms with Crippen molar-refractivity contribution in [2.75, 3.05) is 26.8 Å². The van der Waals surface area contributed by atoms with Crippen LogP contribution in [0.2, 0.25) is 0 Å². The highest BCUT2D eigenvalue weighted by molar-refractivity contribution is 5.96. The van der Waals surface area contributed by atoms with Crippen LogP contribution in [-0.4, -0.2) is 58.7 Å². The summed E-state index contributed by atoms with van der Waals surface area (Å²) in [4.78, 5) is 26.8. The molecule has 0 radical (unpaired) electrons. The van der Waals surface area contributed by atoms with Crippen LogP contribution >= 0.6 is 0 Å². The van der Waals surface area contributed by atoms with Crippen LogP contribution in [0.5, 0.6) is 17.8 Å². The van der Waals surface area contributed by atoms with Gasteiger partial charge in [-0.1, -0.05) is 0 Å². The molecule has 0 unspecified atom stereocenters. The molecule has 8 heteroatoms. The van der Waals surface area contributed by atoms with E-state index < -0.39 is 0 Å². The van der Waals surface area contributed by atoms with E-state index in [4.69, 9.17) is 14.2 Å². The zero-order chi connectivity index (χ0) is 18.4. The maximum Gasteiger partial charge on any atom is 0.319 e. The molecule has 2 aromatic heterocycles. The molecule has 0 saturated carbocycles. The second kappa shape index (κ2) is 8.46. The average Bonchev–Trinajstić information content (AvgIpc) is 2.69. The summed E-state index contributed by atoms with van der Waals surface area (Å²) in [7, 11) is 1.51. The first-order valence-electron chi connectivity index (χ1n) is 8.62. The highest BCUT2D eigenvalue weighted by atomic mass is 16.5. The number of piperidine rings is 1. The normalized spacial score (nSPS) is 14.8. The molecule has 1 aliphatic rings. The lowest BCUT2D eigenvalue weighted by Gasteiger charge is -2.32. The predicted molar refractivity (Wildman–Crippen MR) is 93.5 cm³/mol. The van der Waals surface area contributed by atoms with Crippen molar-refractivity contribution < 1.29 is 19.0 Å². The summed E-state index contributed by atoms with van der Waals surface area (Å²) < 4.78 is 16.3. The van der Waals surface area contributed by atoms with E-state index in [2.05, 4.69) is 15.0 Å². The SMILES string of the molecule is CCOc1ncccc1C(=O)N1CCC(Oc2ccnc(OC)n2)CC1. The van der Waals surface area contributed by atoms with Crippen LogP contribution in [0.4, 0.5) is 0 Å². The number of hydrogen-bond acceptors (Lipinski definition) is 7. The van der Waals surface area contributed by atoms with Gasteiger partial charge in [0, 0.05) is 44.4 Å². The molecule has 3 rings (SSSR count). The van der Waals surface area contributed by atoms with Gasteiger partial charge in [-0.3, -0.25) is 4.79 Å². The molecular formula is C18H22N4O4. The number of carbonyl (C=O) groups excluding carboxylic acids is 1. The standard InChI is InChI=1S/C18H22N4O4/c1-3-25-16-14(5-4-9-19-16)17(23)22-11-7-13(8-12-22)26-15-6-10-20-18(21-15)24-2/h4-6,9-10,13H,3,7-8,11-12H2,1-2H3. The molecule has 1 amide bonds. The van der Waals surface area contributed by atoms with Gasteiger partial charge in [0.25, 0.3) is 5.91 Å². The van der Waals surface area contributed by atoms with Crippen LogP contribution in [0.3, 0.4) is 0 Å². The lowest BCUT2D eigenvalue weighted by Crippen LogP contribution is -2.42. The molecule has 0 spiro atoms. The zero-order valence-electron chi connectivity index (χ0n) is 14.9. The van der Waals surface area contributed by atoms with Gasteiger partial charge in [-0.05, 0) is 19.1 Å². The minimum Gasteiger partial charge on any atom is -0.477 e. The van der Waals surface area contributed by atoms with E-state index in [1.54, 1.807) is 35.5 Å². The molecule has 1 aliphatic heterocycles. The smallest absolute Gasteiger partial charge is 0.319 e. The van der Waals surface area contributed by atoms with Crippen LogP contribution < -0.4 is 14.2 Å². The van der Waals surface area contributed by atoms with Crippen LogP contribution in [0.25, 0.3) is 0 Å². The summed E-state index contributed by atoms with van der Waals surface area (Å²) in [6.07, 6.45) is 4.67. The second-order valence-corrected chi connectivity index (χ2v) is 5.78. The molecule has 0 bridgehead atoms. The molecule has 0 atom stereocenters. The van der Waals surface area contributed by atoms with E-state index in [0.29, 0.717) is 37.0 Å². The molecule has 8 nitrogen and oxygen atoms in total. The fourth-order valence-corrected chi connectivity index (χ4v) is 2.81. The van der Waals surface area contributed by atoms with Crippen molar-refractivity contribution in [1.29, 1.82) is 0 Å². The Kier molecular flexibility index (Phi) is 5.83. The van der Waals surface area contributed by atoms with Crippen LogP contribution in [0.1, 0.15) is 30.1 Å². The highest BCUT2D eigenvalue weighted by Gasteiger charge is 2.27. The Morgan fingerprint density at radius 1 is 1.23 bits per heavy atom. The summed E-state index contributed by atoms with van der Waals surface area (Å²) in [5.41, 5.74) is 0.495. The van der Waals surface area contributed by atoms with Crippen molar-refractivity contribution >= 4 is 5.91 Å². The molecule has 2 aromatic rings. The molecule has 1 fully saturated rings. The Hall–Kier alpha value is -2.90. The fraction of sp³-hybridized carbons (Fsp3) is 0.444. The lowest BCUT2D eigenvalue weighted by molar-refractivity contribution is 0.0582. The molecule has 0 aliphatic carbocycles. The second-order valence-electron chi connectivity index (χ2n) is 5.78. The Morgan fingerprint density at radius 2 is 2.04 bits per heavy atom. The highest BCUT2D eigenvalue weighted by Crippen LogP contribution is 2.22. The monoisotopic (exact) mass is 358 g/mol. The Labute approximate surface area is 152 Å². The van der Waals surface area contributed by atoms with Gasteiger partial charge in [-0.15, -0.1) is 0 Å². The number of nitrogens with zero attached hydrogens (tertiary/aromatic N) is 4. The predicted octanol–water partition coefficient (Wildman–Crippen LogP) is 1.96. The quantitative estimate of drug-likeness (QED) is 0.780.